The van der Waals surface area contributed by atoms with Gasteiger partial charge in [-0.05, 0) is 12.5 Å². The molecule has 0 heterocycles. The maximum absolute atomic E-state index is 10.8. The molecule has 0 radical (unpaired) electrons. The molecule has 0 unspecified atom stereocenters. The quantitative estimate of drug-likeness (QED) is 0.515. The molecule has 0 spiro atoms. The van der Waals surface area contributed by atoms with Crippen molar-refractivity contribution in [3.63, 3.8) is 0 Å². The van der Waals surface area contributed by atoms with E-state index in [0.29, 0.717) is 17.7 Å². The SMILES string of the molecule is Cc1ccc(C=NNCc2ccccc2)cc1[N+](=O)[O-]. The van der Waals surface area contributed by atoms with Gasteiger partial charge >= 0.3 is 0 Å². The molecule has 0 atom stereocenters. The molecule has 5 nitrogen and oxygen atoms in total. The molecule has 0 aliphatic rings. The highest BCUT2D eigenvalue weighted by atomic mass is 16.6. The number of hydrazone groups is 1. The van der Waals surface area contributed by atoms with E-state index in [1.807, 2.05) is 30.3 Å². The normalized spacial score (nSPS) is 10.7. The summed E-state index contributed by atoms with van der Waals surface area (Å²) in [5.41, 5.74) is 5.49. The molecular weight excluding hydrogens is 254 g/mol. The summed E-state index contributed by atoms with van der Waals surface area (Å²) in [4.78, 5) is 10.4. The standard InChI is InChI=1S/C15H15N3O2/c1-12-7-8-14(9-15(12)18(19)20)11-17-16-10-13-5-3-2-4-6-13/h2-9,11,16H,10H2,1H3. The topological polar surface area (TPSA) is 67.5 Å². The average Bonchev–Trinajstić information content (AvgIpc) is 2.46. The molecule has 5 heteroatoms. The Morgan fingerprint density at radius 1 is 1.25 bits per heavy atom. The van der Waals surface area contributed by atoms with Gasteiger partial charge in [-0.1, -0.05) is 42.5 Å². The minimum Gasteiger partial charge on any atom is -0.306 e. The lowest BCUT2D eigenvalue weighted by atomic mass is 10.1. The highest BCUT2D eigenvalue weighted by Crippen LogP contribution is 2.18. The van der Waals surface area contributed by atoms with Gasteiger partial charge in [0.25, 0.3) is 5.69 Å². The molecule has 0 aliphatic carbocycles. The molecule has 2 rings (SSSR count). The molecule has 1 N–H and O–H groups in total. The number of nitrogens with one attached hydrogen (secondary N) is 1. The van der Waals surface area contributed by atoms with Crippen molar-refractivity contribution < 1.29 is 4.92 Å². The van der Waals surface area contributed by atoms with Gasteiger partial charge in [0.1, 0.15) is 0 Å². The van der Waals surface area contributed by atoms with E-state index in [9.17, 15) is 10.1 Å². The molecule has 0 fully saturated rings. The highest BCUT2D eigenvalue weighted by molar-refractivity contribution is 5.80. The van der Waals surface area contributed by atoms with E-state index in [-0.39, 0.29) is 10.6 Å². The monoisotopic (exact) mass is 269 g/mol. The number of nitro groups is 1. The molecule has 2 aromatic carbocycles. The van der Waals surface area contributed by atoms with Gasteiger partial charge in [0, 0.05) is 17.2 Å². The van der Waals surface area contributed by atoms with Crippen molar-refractivity contribution in [1.29, 1.82) is 0 Å². The lowest BCUT2D eigenvalue weighted by Crippen LogP contribution is -2.05. The Hall–Kier alpha value is -2.69. The second kappa shape index (κ2) is 6.47. The Labute approximate surface area is 117 Å². The van der Waals surface area contributed by atoms with E-state index in [1.165, 1.54) is 6.07 Å². The Kier molecular flexibility index (Phi) is 4.44. The van der Waals surface area contributed by atoms with E-state index >= 15 is 0 Å². The number of nitrogens with zero attached hydrogens (tertiary/aromatic N) is 2. The molecule has 20 heavy (non-hydrogen) atoms. The van der Waals surface area contributed by atoms with Gasteiger partial charge in [0.2, 0.25) is 0 Å². The number of aryl methyl sites for hydroxylation is 1. The van der Waals surface area contributed by atoms with Crippen LogP contribution in [-0.2, 0) is 6.54 Å². The van der Waals surface area contributed by atoms with Crippen LogP contribution in [0.3, 0.4) is 0 Å². The largest absolute Gasteiger partial charge is 0.306 e. The zero-order chi connectivity index (χ0) is 14.4. The maximum Gasteiger partial charge on any atom is 0.272 e. The molecule has 0 aromatic heterocycles. The zero-order valence-corrected chi connectivity index (χ0v) is 11.1. The van der Waals surface area contributed by atoms with E-state index < -0.39 is 0 Å². The van der Waals surface area contributed by atoms with Crippen LogP contribution < -0.4 is 5.43 Å². The molecule has 0 amide bonds. The lowest BCUT2D eigenvalue weighted by molar-refractivity contribution is -0.385. The maximum atomic E-state index is 10.8. The first-order valence-electron chi connectivity index (χ1n) is 6.22. The van der Waals surface area contributed by atoms with Crippen molar-refractivity contribution in [3.8, 4) is 0 Å². The summed E-state index contributed by atoms with van der Waals surface area (Å²) in [5, 5.41) is 14.9. The van der Waals surface area contributed by atoms with Crippen LogP contribution in [-0.4, -0.2) is 11.1 Å². The van der Waals surface area contributed by atoms with Crippen molar-refractivity contribution in [3.05, 3.63) is 75.3 Å². The van der Waals surface area contributed by atoms with E-state index in [0.717, 1.165) is 5.56 Å². The van der Waals surface area contributed by atoms with Crippen molar-refractivity contribution in [1.82, 2.24) is 5.43 Å². The smallest absolute Gasteiger partial charge is 0.272 e. The van der Waals surface area contributed by atoms with E-state index in [1.54, 1.807) is 25.3 Å². The first-order chi connectivity index (χ1) is 9.66. The highest BCUT2D eigenvalue weighted by Gasteiger charge is 2.09. The summed E-state index contributed by atoms with van der Waals surface area (Å²) in [6, 6.07) is 14.9. The van der Waals surface area contributed by atoms with Crippen molar-refractivity contribution in [2.45, 2.75) is 13.5 Å². The number of nitro benzene ring substituents is 1. The van der Waals surface area contributed by atoms with E-state index in [4.69, 9.17) is 0 Å². The lowest BCUT2D eigenvalue weighted by Gasteiger charge is -2.01. The summed E-state index contributed by atoms with van der Waals surface area (Å²) >= 11 is 0. The first-order valence-corrected chi connectivity index (χ1v) is 6.22. The molecule has 2 aromatic rings. The van der Waals surface area contributed by atoms with Gasteiger partial charge in [-0.2, -0.15) is 5.10 Å². The fourth-order valence-corrected chi connectivity index (χ4v) is 1.76. The Balaban J connectivity index is 1.98. The van der Waals surface area contributed by atoms with Crippen LogP contribution in [0.15, 0.2) is 53.6 Å². The van der Waals surface area contributed by atoms with Crippen molar-refractivity contribution in [2.24, 2.45) is 5.10 Å². The van der Waals surface area contributed by atoms with Crippen LogP contribution in [0.4, 0.5) is 5.69 Å². The van der Waals surface area contributed by atoms with Gasteiger partial charge in [-0.25, -0.2) is 0 Å². The van der Waals surface area contributed by atoms with Crippen LogP contribution in [0.5, 0.6) is 0 Å². The number of benzene rings is 2. The predicted molar refractivity (Wildman–Crippen MR) is 78.7 cm³/mol. The zero-order valence-electron chi connectivity index (χ0n) is 11.1. The van der Waals surface area contributed by atoms with Crippen LogP contribution >= 0.6 is 0 Å². The molecule has 0 bridgehead atoms. The Bertz CT molecular complexity index is 624. The fraction of sp³-hybridized carbons (Fsp3) is 0.133. The summed E-state index contributed by atoms with van der Waals surface area (Å²) in [5.74, 6) is 0. The second-order valence-corrected chi connectivity index (χ2v) is 4.38. The summed E-state index contributed by atoms with van der Waals surface area (Å²) in [6.07, 6.45) is 1.58. The molecule has 102 valence electrons. The number of hydrogen-bond donors (Lipinski definition) is 1. The van der Waals surface area contributed by atoms with Gasteiger partial charge in [0.15, 0.2) is 0 Å². The average molecular weight is 269 g/mol. The van der Waals surface area contributed by atoms with Crippen LogP contribution in [0.1, 0.15) is 16.7 Å². The summed E-state index contributed by atoms with van der Waals surface area (Å²) in [7, 11) is 0. The third-order valence-corrected chi connectivity index (χ3v) is 2.86. The van der Waals surface area contributed by atoms with Gasteiger partial charge in [-0.15, -0.1) is 0 Å². The second-order valence-electron chi connectivity index (χ2n) is 4.38. The van der Waals surface area contributed by atoms with Crippen LogP contribution in [0.2, 0.25) is 0 Å². The summed E-state index contributed by atoms with van der Waals surface area (Å²) in [6.45, 7) is 2.33. The predicted octanol–water partition coefficient (Wildman–Crippen LogP) is 3.03. The number of rotatable bonds is 5. The molecule has 0 saturated heterocycles. The van der Waals surface area contributed by atoms with Gasteiger partial charge in [0.05, 0.1) is 17.7 Å². The molecule has 0 saturated carbocycles. The van der Waals surface area contributed by atoms with Crippen molar-refractivity contribution in [2.75, 3.05) is 0 Å². The first kappa shape index (κ1) is 13.7. The van der Waals surface area contributed by atoms with Gasteiger partial charge in [-0.3, -0.25) is 10.1 Å². The fourth-order valence-electron chi connectivity index (χ4n) is 1.76. The van der Waals surface area contributed by atoms with Crippen LogP contribution in [0.25, 0.3) is 0 Å². The van der Waals surface area contributed by atoms with Crippen molar-refractivity contribution >= 4 is 11.9 Å². The number of hydrogen-bond acceptors (Lipinski definition) is 4. The third-order valence-electron chi connectivity index (χ3n) is 2.86. The van der Waals surface area contributed by atoms with E-state index in [2.05, 4.69) is 10.5 Å². The Morgan fingerprint density at radius 2 is 2.00 bits per heavy atom. The molecule has 0 aliphatic heterocycles. The molecular formula is C15H15N3O2. The minimum atomic E-state index is -0.385. The van der Waals surface area contributed by atoms with Crippen LogP contribution in [0, 0.1) is 17.0 Å². The van der Waals surface area contributed by atoms with Gasteiger partial charge < -0.3 is 5.43 Å². The Morgan fingerprint density at radius 3 is 2.70 bits per heavy atom. The summed E-state index contributed by atoms with van der Waals surface area (Å²) < 4.78 is 0. The minimum absolute atomic E-state index is 0.108. The third kappa shape index (κ3) is 3.65.